The summed E-state index contributed by atoms with van der Waals surface area (Å²) in [5.74, 6) is -0.234. The maximum atomic E-state index is 13.5. The molecule has 0 aromatic rings. The van der Waals surface area contributed by atoms with Crippen LogP contribution in [0, 0.1) is 0 Å². The molecule has 0 aliphatic carbocycles. The highest BCUT2D eigenvalue weighted by molar-refractivity contribution is 5.76. The predicted octanol–water partition coefficient (Wildman–Crippen LogP) is 13.4. The van der Waals surface area contributed by atoms with Gasteiger partial charge in [-0.2, -0.15) is 0 Å². The van der Waals surface area contributed by atoms with E-state index in [0.717, 1.165) is 44.9 Å². The van der Waals surface area contributed by atoms with Crippen LogP contribution in [0.4, 0.5) is 0 Å². The Morgan fingerprint density at radius 3 is 0.897 bits per heavy atom. The van der Waals surface area contributed by atoms with E-state index in [4.69, 9.17) is 28.4 Å². The maximum absolute atomic E-state index is 13.5. The number of nitrogens with one attached hydrogen (secondary N) is 1. The summed E-state index contributed by atoms with van der Waals surface area (Å²) in [5.41, 5.74) is 0. The Morgan fingerprint density at radius 2 is 0.588 bits per heavy atom. The van der Waals surface area contributed by atoms with Gasteiger partial charge in [-0.15, -0.1) is 0 Å². The van der Waals surface area contributed by atoms with Gasteiger partial charge in [-0.25, -0.2) is 0 Å². The fourth-order valence-corrected chi connectivity index (χ4v) is 14.4. The number of unbranched alkanes of at least 4 members (excludes halogenated alkanes) is 50. The van der Waals surface area contributed by atoms with Crippen LogP contribution in [0.15, 0.2) is 0 Å². The van der Waals surface area contributed by atoms with E-state index in [0.29, 0.717) is 12.8 Å². The number of hydrogen-bond acceptors (Lipinski definition) is 18. The fraction of sp³-hybridized carbons (Fsp3) is 0.987. The molecule has 3 heterocycles. The Bertz CT molecular complexity index is 1760. The number of carbonyl (C=O) groups is 1. The van der Waals surface area contributed by atoms with Gasteiger partial charge in [0.1, 0.15) is 73.2 Å². The van der Waals surface area contributed by atoms with Crippen LogP contribution in [0.1, 0.15) is 361 Å². The van der Waals surface area contributed by atoms with E-state index in [1.54, 1.807) is 0 Å². The first-order valence-electron chi connectivity index (χ1n) is 40.8. The molecular formula is C78H151NO18. The van der Waals surface area contributed by atoms with Crippen molar-refractivity contribution in [2.45, 2.75) is 465 Å². The second-order valence-corrected chi connectivity index (χ2v) is 29.6. The molecule has 19 nitrogen and oxygen atoms in total. The van der Waals surface area contributed by atoms with E-state index in [2.05, 4.69) is 19.2 Å². The van der Waals surface area contributed by atoms with E-state index in [1.165, 1.54) is 283 Å². The van der Waals surface area contributed by atoms with Crippen molar-refractivity contribution in [2.24, 2.45) is 0 Å². The minimum Gasteiger partial charge on any atom is -0.394 e. The highest BCUT2D eigenvalue weighted by Gasteiger charge is 2.54. The number of carbonyl (C=O) groups excluding carboxylic acids is 1. The Morgan fingerprint density at radius 1 is 0.330 bits per heavy atom. The molecule has 576 valence electrons. The van der Waals surface area contributed by atoms with Gasteiger partial charge in [0, 0.05) is 6.42 Å². The van der Waals surface area contributed by atoms with E-state index in [9.17, 15) is 61.0 Å². The molecule has 3 fully saturated rings. The third-order valence-corrected chi connectivity index (χ3v) is 20.9. The molecular weight excluding hydrogens is 1240 g/mol. The summed E-state index contributed by atoms with van der Waals surface area (Å²) < 4.78 is 34.5. The van der Waals surface area contributed by atoms with Crippen LogP contribution in [-0.4, -0.2) is 193 Å². The van der Waals surface area contributed by atoms with Crippen LogP contribution in [0.3, 0.4) is 0 Å². The maximum Gasteiger partial charge on any atom is 0.220 e. The summed E-state index contributed by atoms with van der Waals surface area (Å²) in [6, 6.07) is -0.882. The number of rotatable bonds is 66. The second kappa shape index (κ2) is 60.1. The minimum absolute atomic E-state index is 0.234. The van der Waals surface area contributed by atoms with E-state index < -0.39 is 124 Å². The van der Waals surface area contributed by atoms with E-state index in [-0.39, 0.29) is 18.9 Å². The van der Waals surface area contributed by atoms with Crippen LogP contribution in [-0.2, 0) is 33.2 Å². The van der Waals surface area contributed by atoms with Crippen molar-refractivity contribution in [3.63, 3.8) is 0 Å². The van der Waals surface area contributed by atoms with Crippen molar-refractivity contribution in [1.29, 1.82) is 0 Å². The Hall–Kier alpha value is -1.21. The third-order valence-electron chi connectivity index (χ3n) is 20.9. The summed E-state index contributed by atoms with van der Waals surface area (Å²) in [7, 11) is 0. The van der Waals surface area contributed by atoms with Crippen LogP contribution < -0.4 is 5.32 Å². The molecule has 17 unspecified atom stereocenters. The number of aliphatic hydroxyl groups excluding tert-OH is 11. The first kappa shape index (κ1) is 90.0. The zero-order valence-corrected chi connectivity index (χ0v) is 61.6. The minimum atomic E-state index is -1.97. The van der Waals surface area contributed by atoms with Gasteiger partial charge in [0.05, 0.1) is 38.6 Å². The molecule has 19 heteroatoms. The van der Waals surface area contributed by atoms with Gasteiger partial charge >= 0.3 is 0 Å². The normalized spacial score (nSPS) is 26.8. The Kier molecular flexibility index (Phi) is 55.8. The fourth-order valence-electron chi connectivity index (χ4n) is 14.4. The number of amides is 1. The summed E-state index contributed by atoms with van der Waals surface area (Å²) in [5, 5.41) is 121. The van der Waals surface area contributed by atoms with Gasteiger partial charge in [-0.3, -0.25) is 4.79 Å². The van der Waals surface area contributed by atoms with Crippen molar-refractivity contribution in [3.05, 3.63) is 0 Å². The Balaban J connectivity index is 1.27. The van der Waals surface area contributed by atoms with Crippen LogP contribution >= 0.6 is 0 Å². The SMILES string of the molecule is CCCCCCCCCCCCCCCCCCCCCCCCCCCCCCCCCCCCCCCCC(=O)NC(COC1OC(CO)C(OC2OC(CO)C(OC3OC(CO)C(O)C(O)C3O)C(O)C2O)C(O)C1O)C(O)CCCCCCCCCCCCCCCC. The van der Waals surface area contributed by atoms with E-state index in [1.807, 2.05) is 0 Å². The molecule has 0 spiro atoms. The van der Waals surface area contributed by atoms with Crippen LogP contribution in [0.5, 0.6) is 0 Å². The standard InChI is InChI=1S/C78H151NO18/c1-3-5-7-9-11-13-15-17-19-20-21-22-23-24-25-26-27-28-29-30-31-32-33-34-35-36-37-38-39-40-41-42-44-46-48-50-52-54-56-66(84)79-61(62(83)55-53-51-49-47-45-43-18-16-14-12-10-8-6-4-2)60-92-76-72(90)69(87)74(64(58-81)94-76)97-78-73(91)70(88)75(65(59-82)95-78)96-77-71(89)68(86)67(85)63(57-80)93-77/h61-65,67-78,80-83,85-91H,3-60H2,1-2H3,(H,79,84). The topological polar surface area (TPSA) is 307 Å². The lowest BCUT2D eigenvalue weighted by Gasteiger charge is -2.48. The zero-order valence-electron chi connectivity index (χ0n) is 61.6. The van der Waals surface area contributed by atoms with Crippen LogP contribution in [0.2, 0.25) is 0 Å². The average molecular weight is 1390 g/mol. The van der Waals surface area contributed by atoms with Crippen molar-refractivity contribution < 1.29 is 89.4 Å². The van der Waals surface area contributed by atoms with Crippen molar-refractivity contribution in [3.8, 4) is 0 Å². The Labute approximate surface area is 589 Å². The van der Waals surface area contributed by atoms with Crippen molar-refractivity contribution >= 4 is 5.91 Å². The lowest BCUT2D eigenvalue weighted by molar-refractivity contribution is -0.379. The number of aliphatic hydroxyl groups is 11. The molecule has 1 amide bonds. The summed E-state index contributed by atoms with van der Waals surface area (Å²) in [6.45, 7) is 1.85. The molecule has 0 bridgehead atoms. The number of ether oxygens (including phenoxy) is 6. The van der Waals surface area contributed by atoms with Gasteiger partial charge < -0.3 is 89.9 Å². The zero-order chi connectivity index (χ0) is 70.4. The van der Waals surface area contributed by atoms with Crippen LogP contribution in [0.25, 0.3) is 0 Å². The largest absolute Gasteiger partial charge is 0.394 e. The molecule has 0 saturated carbocycles. The lowest BCUT2D eigenvalue weighted by Crippen LogP contribution is -2.66. The predicted molar refractivity (Wildman–Crippen MR) is 384 cm³/mol. The molecule has 0 aromatic heterocycles. The summed E-state index contributed by atoms with van der Waals surface area (Å²) in [6.07, 6.45) is 42.4. The van der Waals surface area contributed by atoms with Gasteiger partial charge in [-0.05, 0) is 12.8 Å². The quantitative estimate of drug-likeness (QED) is 0.0252. The average Bonchev–Trinajstić information content (AvgIpc) is 0.785. The first-order chi connectivity index (χ1) is 47.3. The van der Waals surface area contributed by atoms with Gasteiger partial charge in [-0.1, -0.05) is 341 Å². The lowest BCUT2D eigenvalue weighted by atomic mass is 9.96. The van der Waals surface area contributed by atoms with E-state index >= 15 is 0 Å². The molecule has 0 radical (unpaired) electrons. The highest BCUT2D eigenvalue weighted by Crippen LogP contribution is 2.33. The van der Waals surface area contributed by atoms with Crippen molar-refractivity contribution in [1.82, 2.24) is 5.32 Å². The molecule has 3 aliphatic rings. The smallest absolute Gasteiger partial charge is 0.220 e. The second-order valence-electron chi connectivity index (χ2n) is 29.6. The van der Waals surface area contributed by atoms with Gasteiger partial charge in [0.2, 0.25) is 5.91 Å². The molecule has 3 saturated heterocycles. The molecule has 0 aromatic carbocycles. The molecule has 12 N–H and O–H groups in total. The molecule has 97 heavy (non-hydrogen) atoms. The number of hydrogen-bond donors (Lipinski definition) is 12. The summed E-state index contributed by atoms with van der Waals surface area (Å²) >= 11 is 0. The molecule has 3 aliphatic heterocycles. The van der Waals surface area contributed by atoms with Gasteiger partial charge in [0.25, 0.3) is 0 Å². The highest BCUT2D eigenvalue weighted by atomic mass is 16.8. The van der Waals surface area contributed by atoms with Gasteiger partial charge in [0.15, 0.2) is 18.9 Å². The summed E-state index contributed by atoms with van der Waals surface area (Å²) in [4.78, 5) is 13.5. The molecule has 17 atom stereocenters. The van der Waals surface area contributed by atoms with Crippen molar-refractivity contribution in [2.75, 3.05) is 26.4 Å². The molecule has 3 rings (SSSR count). The first-order valence-corrected chi connectivity index (χ1v) is 40.8. The third kappa shape index (κ3) is 40.6. The monoisotopic (exact) mass is 1390 g/mol.